The molecule has 1 aromatic heterocycles. The number of nitrogens with zero attached hydrogens (tertiary/aromatic N) is 4. The average molecular weight is 453 g/mol. The fraction of sp³-hybridized carbons (Fsp3) is 0.412. The smallest absolute Gasteiger partial charge is 0.398 e. The maximum absolute atomic E-state index is 12.9. The first kappa shape index (κ1) is 22.4. The van der Waals surface area contributed by atoms with Gasteiger partial charge in [0.25, 0.3) is 5.60 Å². The highest BCUT2D eigenvalue weighted by molar-refractivity contribution is 7.97. The number of anilines is 2. The van der Waals surface area contributed by atoms with Crippen LogP contribution in [0.25, 0.3) is 0 Å². The number of hydrogen-bond acceptors (Lipinski definition) is 7. The molecule has 0 radical (unpaired) electrons. The molecule has 3 N–H and O–H groups in total. The van der Waals surface area contributed by atoms with E-state index in [9.17, 15) is 31.4 Å². The minimum Gasteiger partial charge on any atom is -0.398 e. The summed E-state index contributed by atoms with van der Waals surface area (Å²) in [5.41, 5.74) is 0.0139. The Bertz CT molecular complexity index is 854. The van der Waals surface area contributed by atoms with E-state index < -0.39 is 23.5 Å². The summed E-state index contributed by atoms with van der Waals surface area (Å²) in [5.74, 6) is -0.0191. The van der Waals surface area contributed by atoms with Gasteiger partial charge in [-0.1, -0.05) is 12.1 Å². The Labute approximate surface area is 171 Å². The molecule has 0 amide bonds. The maximum Gasteiger partial charge on any atom is 0.430 e. The van der Waals surface area contributed by atoms with E-state index in [1.165, 1.54) is 11.9 Å². The molecule has 0 unspecified atom stereocenters. The second kappa shape index (κ2) is 8.12. The third-order valence-corrected chi connectivity index (χ3v) is 5.74. The van der Waals surface area contributed by atoms with Gasteiger partial charge in [0.2, 0.25) is 5.95 Å². The molecule has 3 rings (SSSR count). The molecule has 0 aliphatic carbocycles. The van der Waals surface area contributed by atoms with Gasteiger partial charge in [-0.15, -0.1) is 0 Å². The zero-order chi connectivity index (χ0) is 22.2. The lowest BCUT2D eigenvalue weighted by Gasteiger charge is -2.35. The van der Waals surface area contributed by atoms with Crippen LogP contribution in [0.1, 0.15) is 5.56 Å². The molecular weight excluding hydrogens is 436 g/mol. The van der Waals surface area contributed by atoms with Gasteiger partial charge in [-0.3, -0.25) is 0 Å². The lowest BCUT2D eigenvalue weighted by atomic mass is 9.95. The molecule has 6 nitrogen and oxygen atoms in total. The number of aromatic nitrogens is 2. The van der Waals surface area contributed by atoms with Crippen LogP contribution in [0, 0.1) is 0 Å². The first-order valence-corrected chi connectivity index (χ1v) is 9.41. The quantitative estimate of drug-likeness (QED) is 0.418. The molecule has 164 valence electrons. The van der Waals surface area contributed by atoms with E-state index in [4.69, 9.17) is 5.73 Å². The predicted molar refractivity (Wildman–Crippen MR) is 98.5 cm³/mol. The summed E-state index contributed by atoms with van der Waals surface area (Å²) >= 11 is 1.46. The second-order valence-corrected chi connectivity index (χ2v) is 7.66. The van der Waals surface area contributed by atoms with Crippen LogP contribution in [-0.2, 0) is 5.60 Å². The van der Waals surface area contributed by atoms with E-state index in [0.717, 1.165) is 4.90 Å². The molecule has 2 aromatic rings. The van der Waals surface area contributed by atoms with Gasteiger partial charge in [0.05, 0.1) is 0 Å². The Hall–Kier alpha value is -2.25. The van der Waals surface area contributed by atoms with Crippen LogP contribution in [0.2, 0.25) is 0 Å². The minimum absolute atomic E-state index is 0.0191. The van der Waals surface area contributed by atoms with E-state index >= 15 is 0 Å². The number of nitrogens with two attached hydrogens (primary N) is 1. The molecule has 13 heteroatoms. The van der Waals surface area contributed by atoms with Crippen molar-refractivity contribution in [3.63, 3.8) is 0 Å². The average Bonchev–Trinajstić information content (AvgIpc) is 2.68. The molecule has 30 heavy (non-hydrogen) atoms. The van der Waals surface area contributed by atoms with Crippen LogP contribution in [0.15, 0.2) is 41.6 Å². The summed E-state index contributed by atoms with van der Waals surface area (Å²) in [4.78, 5) is 9.77. The van der Waals surface area contributed by atoms with Crippen molar-refractivity contribution in [3.8, 4) is 0 Å². The van der Waals surface area contributed by atoms with E-state index in [0.29, 0.717) is 44.3 Å². The normalized spacial score (nSPS) is 16.7. The Morgan fingerprint density at radius 2 is 1.43 bits per heavy atom. The number of rotatable bonds is 4. The van der Waals surface area contributed by atoms with Gasteiger partial charge in [0, 0.05) is 54.7 Å². The number of piperazine rings is 1. The number of nitrogen functional groups attached to an aromatic ring is 1. The molecular formula is C17H17F6N5OS. The van der Waals surface area contributed by atoms with Gasteiger partial charge in [-0.2, -0.15) is 26.3 Å². The van der Waals surface area contributed by atoms with Gasteiger partial charge in [-0.25, -0.2) is 14.3 Å². The maximum atomic E-state index is 12.9. The number of alkyl halides is 6. The number of halogens is 6. The van der Waals surface area contributed by atoms with Crippen molar-refractivity contribution in [2.45, 2.75) is 22.8 Å². The Kier molecular flexibility index (Phi) is 6.07. The van der Waals surface area contributed by atoms with Crippen LogP contribution in [0.5, 0.6) is 0 Å². The summed E-state index contributed by atoms with van der Waals surface area (Å²) in [5, 5.41) is 9.39. The Morgan fingerprint density at radius 3 is 1.93 bits per heavy atom. The third-order valence-electron chi connectivity index (χ3n) is 4.54. The minimum atomic E-state index is -5.97. The van der Waals surface area contributed by atoms with E-state index in [-0.39, 0.29) is 5.95 Å². The second-order valence-electron chi connectivity index (χ2n) is 6.52. The first-order chi connectivity index (χ1) is 13.9. The molecule has 0 bridgehead atoms. The highest BCUT2D eigenvalue weighted by Gasteiger charge is 2.71. The lowest BCUT2D eigenvalue weighted by Crippen LogP contribution is -2.54. The fourth-order valence-electron chi connectivity index (χ4n) is 2.84. The molecule has 1 aromatic carbocycles. The summed E-state index contributed by atoms with van der Waals surface area (Å²) < 4.78 is 79.7. The van der Waals surface area contributed by atoms with Gasteiger partial charge >= 0.3 is 12.4 Å². The monoisotopic (exact) mass is 453 g/mol. The zero-order valence-electron chi connectivity index (χ0n) is 15.3. The lowest BCUT2D eigenvalue weighted by molar-refractivity contribution is -0.376. The molecule has 1 aliphatic heterocycles. The zero-order valence-corrected chi connectivity index (χ0v) is 16.1. The molecule has 0 saturated carbocycles. The highest BCUT2D eigenvalue weighted by atomic mass is 32.2. The molecule has 2 heterocycles. The number of hydrogen-bond donors (Lipinski definition) is 2. The van der Waals surface area contributed by atoms with Crippen LogP contribution in [-0.4, -0.2) is 57.9 Å². The van der Waals surface area contributed by atoms with Crippen LogP contribution >= 0.6 is 11.9 Å². The number of para-hydroxylation sites is 1. The molecule has 1 aliphatic rings. The van der Waals surface area contributed by atoms with Crippen LogP contribution in [0.3, 0.4) is 0 Å². The van der Waals surface area contributed by atoms with Gasteiger partial charge in [0.1, 0.15) is 0 Å². The molecule has 0 atom stereocenters. The SMILES string of the molecule is Nc1ccccc1SN1CCN(c2ncc(C(O)(C(F)(F)F)C(F)(F)F)cn2)CC1. The molecule has 0 spiro atoms. The molecule has 1 fully saturated rings. The van der Waals surface area contributed by atoms with Crippen molar-refractivity contribution >= 4 is 23.6 Å². The first-order valence-electron chi connectivity index (χ1n) is 8.64. The van der Waals surface area contributed by atoms with E-state index in [1.807, 2.05) is 22.5 Å². The topological polar surface area (TPSA) is 78.5 Å². The van der Waals surface area contributed by atoms with Gasteiger partial charge in [0.15, 0.2) is 0 Å². The number of benzene rings is 1. The van der Waals surface area contributed by atoms with Crippen molar-refractivity contribution in [2.75, 3.05) is 36.8 Å². The standard InChI is InChI=1S/C17H17F6N5OS/c18-16(19,20)15(29,17(21,22)23)11-9-25-14(26-10-11)27-5-7-28(8-6-27)30-13-4-2-1-3-12(13)24/h1-4,9-10,29H,5-8,24H2. The van der Waals surface area contributed by atoms with Crippen molar-refractivity contribution in [3.05, 3.63) is 42.2 Å². The third kappa shape index (κ3) is 4.27. The van der Waals surface area contributed by atoms with E-state index in [2.05, 4.69) is 9.97 Å². The highest BCUT2D eigenvalue weighted by Crippen LogP contribution is 2.49. The van der Waals surface area contributed by atoms with Gasteiger partial charge < -0.3 is 15.7 Å². The Balaban J connectivity index is 1.68. The van der Waals surface area contributed by atoms with E-state index in [1.54, 1.807) is 11.0 Å². The van der Waals surface area contributed by atoms with Gasteiger partial charge in [-0.05, 0) is 24.1 Å². The van der Waals surface area contributed by atoms with Crippen molar-refractivity contribution in [1.29, 1.82) is 0 Å². The number of aliphatic hydroxyl groups is 1. The summed E-state index contributed by atoms with van der Waals surface area (Å²) in [6, 6.07) is 7.32. The van der Waals surface area contributed by atoms with Crippen molar-refractivity contribution in [2.24, 2.45) is 0 Å². The summed E-state index contributed by atoms with van der Waals surface area (Å²) in [6.07, 6.45) is -11.2. The van der Waals surface area contributed by atoms with Crippen LogP contribution in [0.4, 0.5) is 38.0 Å². The Morgan fingerprint density at radius 1 is 0.900 bits per heavy atom. The van der Waals surface area contributed by atoms with Crippen LogP contribution < -0.4 is 10.6 Å². The largest absolute Gasteiger partial charge is 0.430 e. The molecule has 1 saturated heterocycles. The summed E-state index contributed by atoms with van der Waals surface area (Å²) in [7, 11) is 0. The summed E-state index contributed by atoms with van der Waals surface area (Å²) in [6.45, 7) is 1.89. The predicted octanol–water partition coefficient (Wildman–Crippen LogP) is 3.20. The van der Waals surface area contributed by atoms with Crippen molar-refractivity contribution < 1.29 is 31.4 Å². The van der Waals surface area contributed by atoms with Crippen molar-refractivity contribution in [1.82, 2.24) is 14.3 Å². The fourth-order valence-corrected chi connectivity index (χ4v) is 3.78.